The average molecular weight is 801 g/mol. The summed E-state index contributed by atoms with van der Waals surface area (Å²) < 4.78 is 34.8. The van der Waals surface area contributed by atoms with Crippen molar-refractivity contribution in [2.75, 3.05) is 26.4 Å². The Morgan fingerprint density at radius 1 is 0.482 bits per heavy atom. The van der Waals surface area contributed by atoms with E-state index in [-0.39, 0.29) is 25.3 Å². The Hall–Kier alpha value is -2.87. The van der Waals surface area contributed by atoms with Gasteiger partial charge in [0.15, 0.2) is 0 Å². The second kappa shape index (κ2) is 33.1. The van der Waals surface area contributed by atoms with E-state index in [9.17, 15) is 14.2 Å². The molecule has 0 aromatic heterocycles. The molecule has 56 heavy (non-hydrogen) atoms. The van der Waals surface area contributed by atoms with Crippen molar-refractivity contribution in [3.63, 3.8) is 0 Å². The second-order valence-corrected chi connectivity index (χ2v) is 16.3. The van der Waals surface area contributed by atoms with Crippen LogP contribution in [0.15, 0.2) is 48.5 Å². The van der Waals surface area contributed by atoms with Crippen molar-refractivity contribution in [3.8, 4) is 0 Å². The number of rotatable bonds is 34. The molecule has 0 saturated heterocycles. The lowest BCUT2D eigenvalue weighted by Crippen LogP contribution is -2.38. The van der Waals surface area contributed by atoms with E-state index in [4.69, 9.17) is 18.5 Å². The standard InChI is InChI=1S/C46H77N2O7P/c1-5-9-13-15-17-19-21-39-23-27-41(28-24-39)37-43(47-45(49)52-33-11-7-3)31-35-54-56(51)55-36-32-44(48-46(50)53-34-12-8-4)38-42-29-25-40(26-30-42)22-20-18-16-14-10-6-2/h23-30,43-44,56H,5-22,31-38H2,1-4H3,(H,47,49)(H,48,50). The number of nitrogens with one attached hydrogen (secondary N) is 2. The average Bonchev–Trinajstić information content (AvgIpc) is 3.19. The zero-order valence-electron chi connectivity index (χ0n) is 35.5. The van der Waals surface area contributed by atoms with Gasteiger partial charge in [0.25, 0.3) is 0 Å². The third-order valence-corrected chi connectivity index (χ3v) is 11.0. The van der Waals surface area contributed by atoms with Gasteiger partial charge in [-0.15, -0.1) is 0 Å². The highest BCUT2D eigenvalue weighted by molar-refractivity contribution is 7.33. The minimum atomic E-state index is -2.80. The van der Waals surface area contributed by atoms with Crippen LogP contribution in [0.5, 0.6) is 0 Å². The highest BCUT2D eigenvalue weighted by Crippen LogP contribution is 2.25. The summed E-state index contributed by atoms with van der Waals surface area (Å²) in [5.41, 5.74) is 4.88. The molecule has 9 nitrogen and oxygen atoms in total. The number of alkyl carbamates (subject to hydrolysis) is 2. The molecule has 0 spiro atoms. The smallest absolute Gasteiger partial charge is 0.407 e. The van der Waals surface area contributed by atoms with Gasteiger partial charge in [-0.25, -0.2) is 9.59 Å². The Labute approximate surface area is 341 Å². The Balaban J connectivity index is 1.88. The summed E-state index contributed by atoms with van der Waals surface area (Å²) in [4.78, 5) is 25.1. The van der Waals surface area contributed by atoms with Crippen molar-refractivity contribution in [2.45, 2.75) is 181 Å². The van der Waals surface area contributed by atoms with E-state index in [2.05, 4.69) is 86.9 Å². The van der Waals surface area contributed by atoms with Gasteiger partial charge in [0, 0.05) is 12.1 Å². The molecule has 0 aliphatic heterocycles. The van der Waals surface area contributed by atoms with Gasteiger partial charge in [0.05, 0.1) is 26.4 Å². The molecule has 2 unspecified atom stereocenters. The molecule has 318 valence electrons. The zero-order chi connectivity index (χ0) is 40.5. The summed E-state index contributed by atoms with van der Waals surface area (Å²) >= 11 is 0. The van der Waals surface area contributed by atoms with Crippen LogP contribution in [-0.2, 0) is 48.8 Å². The fourth-order valence-electron chi connectivity index (χ4n) is 6.57. The Morgan fingerprint density at radius 2 is 0.821 bits per heavy atom. The normalized spacial score (nSPS) is 12.9. The lowest BCUT2D eigenvalue weighted by molar-refractivity contribution is 0.138. The van der Waals surface area contributed by atoms with Crippen molar-refractivity contribution in [1.82, 2.24) is 10.6 Å². The first-order valence-corrected chi connectivity index (χ1v) is 23.4. The molecule has 0 heterocycles. The van der Waals surface area contributed by atoms with Gasteiger partial charge >= 0.3 is 20.4 Å². The molecule has 0 bridgehead atoms. The monoisotopic (exact) mass is 801 g/mol. The topological polar surface area (TPSA) is 112 Å². The first kappa shape index (κ1) is 49.3. The number of carbonyl (C=O) groups excluding carboxylic acids is 2. The van der Waals surface area contributed by atoms with E-state index >= 15 is 0 Å². The van der Waals surface area contributed by atoms with Crippen molar-refractivity contribution < 1.29 is 32.7 Å². The summed E-state index contributed by atoms with van der Waals surface area (Å²) in [5, 5.41) is 5.97. The number of benzene rings is 2. The maximum atomic E-state index is 12.8. The molecule has 2 atom stereocenters. The molecule has 0 aliphatic rings. The van der Waals surface area contributed by atoms with Gasteiger partial charge in [-0.1, -0.05) is 153 Å². The zero-order valence-corrected chi connectivity index (χ0v) is 36.5. The van der Waals surface area contributed by atoms with Crippen LogP contribution in [0.4, 0.5) is 9.59 Å². The predicted molar refractivity (Wildman–Crippen MR) is 231 cm³/mol. The predicted octanol–water partition coefficient (Wildman–Crippen LogP) is 12.3. The number of amides is 2. The highest BCUT2D eigenvalue weighted by atomic mass is 31.1. The SMILES string of the molecule is CCCCCCCCc1ccc(CC(CCO[PH](=O)OCCC(Cc2ccc(CCCCCCCC)cc2)NC(=O)OCCCC)NC(=O)OCCCC)cc1. The molecule has 10 heteroatoms. The number of ether oxygens (including phenoxy) is 2. The third-order valence-electron chi connectivity index (χ3n) is 10.1. The molecule has 2 rings (SSSR count). The van der Waals surface area contributed by atoms with Crippen LogP contribution < -0.4 is 10.6 Å². The van der Waals surface area contributed by atoms with Crippen LogP contribution >= 0.6 is 8.25 Å². The molecule has 2 aromatic rings. The van der Waals surface area contributed by atoms with E-state index in [0.717, 1.165) is 49.7 Å². The first-order chi connectivity index (χ1) is 27.4. The highest BCUT2D eigenvalue weighted by Gasteiger charge is 2.17. The van der Waals surface area contributed by atoms with E-state index in [1.54, 1.807) is 0 Å². The second-order valence-electron chi connectivity index (χ2n) is 15.3. The van der Waals surface area contributed by atoms with Crippen LogP contribution in [0.2, 0.25) is 0 Å². The fraction of sp³-hybridized carbons (Fsp3) is 0.696. The Kier molecular flexibility index (Phi) is 29.2. The summed E-state index contributed by atoms with van der Waals surface area (Å²) in [5.74, 6) is 0. The van der Waals surface area contributed by atoms with Crippen LogP contribution in [-0.4, -0.2) is 50.7 Å². The van der Waals surface area contributed by atoms with Crippen molar-refractivity contribution >= 4 is 20.4 Å². The summed E-state index contributed by atoms with van der Waals surface area (Å²) in [6, 6.07) is 16.7. The van der Waals surface area contributed by atoms with Gasteiger partial charge in [0.2, 0.25) is 0 Å². The molecule has 2 amide bonds. The van der Waals surface area contributed by atoms with Crippen LogP contribution in [0.25, 0.3) is 0 Å². The molecule has 2 aromatic carbocycles. The number of aryl methyl sites for hydroxylation is 2. The van der Waals surface area contributed by atoms with E-state index in [0.29, 0.717) is 38.9 Å². The molecule has 2 N–H and O–H groups in total. The third kappa shape index (κ3) is 25.4. The number of hydrogen-bond donors (Lipinski definition) is 2. The summed E-state index contributed by atoms with van der Waals surface area (Å²) in [6.45, 7) is 9.65. The number of carbonyl (C=O) groups is 2. The van der Waals surface area contributed by atoms with Crippen LogP contribution in [0.1, 0.15) is 166 Å². The first-order valence-electron chi connectivity index (χ1n) is 22.2. The molecule has 0 fully saturated rings. The largest absolute Gasteiger partial charge is 0.450 e. The Morgan fingerprint density at radius 3 is 1.20 bits per heavy atom. The van der Waals surface area contributed by atoms with Gasteiger partial charge in [0.1, 0.15) is 0 Å². The van der Waals surface area contributed by atoms with Crippen molar-refractivity contribution in [3.05, 3.63) is 70.8 Å². The number of unbranched alkanes of at least 4 members (excludes halogenated alkanes) is 12. The molecule has 0 saturated carbocycles. The van der Waals surface area contributed by atoms with E-state index in [1.165, 1.54) is 88.2 Å². The number of hydrogen-bond acceptors (Lipinski definition) is 7. The van der Waals surface area contributed by atoms with Crippen molar-refractivity contribution in [2.24, 2.45) is 0 Å². The lowest BCUT2D eigenvalue weighted by atomic mass is 10.00. The van der Waals surface area contributed by atoms with Crippen LogP contribution in [0.3, 0.4) is 0 Å². The quantitative estimate of drug-likeness (QED) is 0.0535. The molecular weight excluding hydrogens is 723 g/mol. The van der Waals surface area contributed by atoms with Crippen molar-refractivity contribution in [1.29, 1.82) is 0 Å². The van der Waals surface area contributed by atoms with Gasteiger partial charge in [-0.05, 0) is 86.5 Å². The minimum Gasteiger partial charge on any atom is -0.450 e. The van der Waals surface area contributed by atoms with Gasteiger partial charge in [-0.3, -0.25) is 4.57 Å². The van der Waals surface area contributed by atoms with E-state index in [1.807, 2.05) is 0 Å². The Bertz CT molecular complexity index is 1190. The molecule has 0 radical (unpaired) electrons. The molecule has 0 aliphatic carbocycles. The maximum absolute atomic E-state index is 12.8. The van der Waals surface area contributed by atoms with Gasteiger partial charge < -0.3 is 29.2 Å². The summed E-state index contributed by atoms with van der Waals surface area (Å²) in [6.07, 6.45) is 22.2. The maximum Gasteiger partial charge on any atom is 0.407 e. The molecular formula is C46H77N2O7P. The minimum absolute atomic E-state index is 0.157. The fourth-order valence-corrected chi connectivity index (χ4v) is 7.22. The van der Waals surface area contributed by atoms with E-state index < -0.39 is 20.4 Å². The lowest BCUT2D eigenvalue weighted by Gasteiger charge is -2.20. The summed E-state index contributed by atoms with van der Waals surface area (Å²) in [7, 11) is -2.80. The van der Waals surface area contributed by atoms with Gasteiger partial charge in [-0.2, -0.15) is 0 Å². The van der Waals surface area contributed by atoms with Crippen LogP contribution in [0, 0.1) is 0 Å².